The smallest absolute Gasteiger partial charge is 0.320 e. The Bertz CT molecular complexity index is 542. The molecule has 0 radical (unpaired) electrons. The minimum Gasteiger partial charge on any atom is -0.426 e. The Morgan fingerprint density at radius 3 is 2.30 bits per heavy atom. The Morgan fingerprint density at radius 1 is 1.30 bits per heavy atom. The molecular formula is C14H15Cl2NO3. The van der Waals surface area contributed by atoms with Crippen molar-refractivity contribution in [3.63, 3.8) is 0 Å². The number of halogens is 2. The summed E-state index contributed by atoms with van der Waals surface area (Å²) in [6, 6.07) is 6.33. The van der Waals surface area contributed by atoms with E-state index < -0.39 is 15.7 Å². The summed E-state index contributed by atoms with van der Waals surface area (Å²) in [4.78, 5) is 23.5. The van der Waals surface area contributed by atoms with E-state index >= 15 is 0 Å². The fraction of sp³-hybridized carbons (Fsp3) is 0.429. The predicted molar refractivity (Wildman–Crippen MR) is 77.2 cm³/mol. The molecule has 6 heteroatoms. The largest absolute Gasteiger partial charge is 0.426 e. The zero-order valence-electron chi connectivity index (χ0n) is 11.2. The van der Waals surface area contributed by atoms with Gasteiger partial charge in [0.05, 0.1) is 0 Å². The number of ether oxygens (including phenoxy) is 1. The van der Waals surface area contributed by atoms with Crippen LogP contribution in [-0.4, -0.2) is 22.8 Å². The van der Waals surface area contributed by atoms with Crippen LogP contribution in [0.25, 0.3) is 0 Å². The Kier molecular flexibility index (Phi) is 3.98. The third-order valence-corrected chi connectivity index (χ3v) is 4.47. The second-order valence-corrected chi connectivity index (χ2v) is 6.47. The van der Waals surface area contributed by atoms with Gasteiger partial charge in [-0.1, -0.05) is 0 Å². The van der Waals surface area contributed by atoms with E-state index in [1.807, 2.05) is 6.92 Å². The number of nitrogens with one attached hydrogen (secondary N) is 1. The van der Waals surface area contributed by atoms with Crippen LogP contribution in [0.2, 0.25) is 0 Å². The molecule has 1 N–H and O–H groups in total. The third-order valence-electron chi connectivity index (χ3n) is 3.37. The molecule has 2 rings (SSSR count). The molecule has 108 valence electrons. The number of carbonyl (C=O) groups is 2. The fourth-order valence-corrected chi connectivity index (χ4v) is 2.47. The van der Waals surface area contributed by atoms with Crippen molar-refractivity contribution in [2.45, 2.75) is 24.6 Å². The van der Waals surface area contributed by atoms with E-state index in [4.69, 9.17) is 27.9 Å². The van der Waals surface area contributed by atoms with Gasteiger partial charge in [0.25, 0.3) is 5.91 Å². The first-order chi connectivity index (χ1) is 9.30. The van der Waals surface area contributed by atoms with Gasteiger partial charge < -0.3 is 10.1 Å². The third kappa shape index (κ3) is 2.76. The molecular weight excluding hydrogens is 301 g/mol. The van der Waals surface area contributed by atoms with Crippen LogP contribution in [0.4, 0.5) is 0 Å². The summed E-state index contributed by atoms with van der Waals surface area (Å²) in [5.74, 6) is -0.270. The number of hydrogen-bond acceptors (Lipinski definition) is 3. The van der Waals surface area contributed by atoms with E-state index in [-0.39, 0.29) is 5.91 Å². The van der Waals surface area contributed by atoms with Crippen LogP contribution >= 0.6 is 23.2 Å². The molecule has 20 heavy (non-hydrogen) atoms. The zero-order chi connectivity index (χ0) is 15.0. The Morgan fingerprint density at radius 2 is 1.85 bits per heavy atom. The SMILES string of the molecule is CCNC(=O)c1ccc(OC(=O)[C@]2(C)CC2(Cl)Cl)cc1. The molecule has 0 unspecified atom stereocenters. The first kappa shape index (κ1) is 15.1. The van der Waals surface area contributed by atoms with Crippen molar-refractivity contribution in [1.29, 1.82) is 0 Å². The Labute approximate surface area is 127 Å². The van der Waals surface area contributed by atoms with Gasteiger partial charge in [-0.3, -0.25) is 9.59 Å². The van der Waals surface area contributed by atoms with Crippen LogP contribution in [0.3, 0.4) is 0 Å². The van der Waals surface area contributed by atoms with E-state index in [9.17, 15) is 9.59 Å². The van der Waals surface area contributed by atoms with Gasteiger partial charge >= 0.3 is 5.97 Å². The maximum absolute atomic E-state index is 12.0. The van der Waals surface area contributed by atoms with Crippen molar-refractivity contribution < 1.29 is 14.3 Å². The summed E-state index contributed by atoms with van der Waals surface area (Å²) in [6.45, 7) is 4.06. The van der Waals surface area contributed by atoms with Gasteiger partial charge in [0.2, 0.25) is 0 Å². The predicted octanol–water partition coefficient (Wildman–Crippen LogP) is 2.93. The first-order valence-electron chi connectivity index (χ1n) is 6.28. The molecule has 1 aliphatic carbocycles. The molecule has 1 aromatic rings. The zero-order valence-corrected chi connectivity index (χ0v) is 12.7. The number of esters is 1. The molecule has 1 fully saturated rings. The summed E-state index contributed by atoms with van der Waals surface area (Å²) < 4.78 is 4.18. The second kappa shape index (κ2) is 5.26. The summed E-state index contributed by atoms with van der Waals surface area (Å²) >= 11 is 11.8. The number of hydrogen-bond donors (Lipinski definition) is 1. The monoisotopic (exact) mass is 315 g/mol. The van der Waals surface area contributed by atoms with Crippen molar-refractivity contribution in [3.05, 3.63) is 29.8 Å². The van der Waals surface area contributed by atoms with Crippen molar-refractivity contribution in [1.82, 2.24) is 5.32 Å². The highest BCUT2D eigenvalue weighted by Gasteiger charge is 2.69. The van der Waals surface area contributed by atoms with Crippen LogP contribution in [0.15, 0.2) is 24.3 Å². The van der Waals surface area contributed by atoms with Gasteiger partial charge in [0, 0.05) is 18.5 Å². The van der Waals surface area contributed by atoms with Crippen LogP contribution < -0.4 is 10.1 Å². The highest BCUT2D eigenvalue weighted by molar-refractivity contribution is 6.53. The molecule has 1 amide bonds. The lowest BCUT2D eigenvalue weighted by atomic mass is 10.1. The lowest BCUT2D eigenvalue weighted by molar-refractivity contribution is -0.139. The van der Waals surface area contributed by atoms with Crippen molar-refractivity contribution >= 4 is 35.1 Å². The molecule has 0 heterocycles. The van der Waals surface area contributed by atoms with Crippen molar-refractivity contribution in [2.24, 2.45) is 5.41 Å². The highest BCUT2D eigenvalue weighted by atomic mass is 35.5. The number of carbonyl (C=O) groups excluding carboxylic acids is 2. The number of rotatable bonds is 4. The number of amides is 1. The molecule has 1 aliphatic rings. The van der Waals surface area contributed by atoms with Gasteiger partial charge in [-0.05, 0) is 38.1 Å². The summed E-state index contributed by atoms with van der Waals surface area (Å²) in [5.41, 5.74) is -0.359. The van der Waals surface area contributed by atoms with Gasteiger partial charge in [0.15, 0.2) is 0 Å². The molecule has 0 aliphatic heterocycles. The summed E-state index contributed by atoms with van der Waals surface area (Å²) in [7, 11) is 0. The van der Waals surface area contributed by atoms with Crippen molar-refractivity contribution in [3.8, 4) is 5.75 Å². The number of benzene rings is 1. The molecule has 0 spiro atoms. The quantitative estimate of drug-likeness (QED) is 0.528. The average molecular weight is 316 g/mol. The molecule has 0 saturated heterocycles. The first-order valence-corrected chi connectivity index (χ1v) is 7.04. The lowest BCUT2D eigenvalue weighted by Crippen LogP contribution is -2.24. The normalized spacial score (nSPS) is 23.0. The molecule has 1 aromatic carbocycles. The van der Waals surface area contributed by atoms with Gasteiger partial charge in [-0.15, -0.1) is 23.2 Å². The van der Waals surface area contributed by atoms with Crippen LogP contribution in [-0.2, 0) is 4.79 Å². The number of alkyl halides is 2. The minimum atomic E-state index is -1.05. The van der Waals surface area contributed by atoms with E-state index in [0.717, 1.165) is 0 Å². The molecule has 1 saturated carbocycles. The van der Waals surface area contributed by atoms with Crippen molar-refractivity contribution in [2.75, 3.05) is 6.54 Å². The topological polar surface area (TPSA) is 55.4 Å². The standard InChI is InChI=1S/C14H15Cl2NO3/c1-3-17-11(18)9-4-6-10(7-5-9)20-12(19)13(2)8-14(13,15)16/h4-7H,3,8H2,1-2H3,(H,17,18)/t13-/m0/s1. The highest BCUT2D eigenvalue weighted by Crippen LogP contribution is 2.64. The maximum atomic E-state index is 12.0. The van der Waals surface area contributed by atoms with Crippen LogP contribution in [0.5, 0.6) is 5.75 Å². The molecule has 1 atom stereocenters. The van der Waals surface area contributed by atoms with E-state index in [0.29, 0.717) is 24.3 Å². The van der Waals surface area contributed by atoms with E-state index in [2.05, 4.69) is 5.32 Å². The van der Waals surface area contributed by atoms with E-state index in [1.165, 1.54) is 0 Å². The minimum absolute atomic E-state index is 0.167. The van der Waals surface area contributed by atoms with Gasteiger partial charge in [-0.25, -0.2) is 0 Å². The molecule has 4 nitrogen and oxygen atoms in total. The van der Waals surface area contributed by atoms with E-state index in [1.54, 1.807) is 31.2 Å². The summed E-state index contributed by atoms with van der Waals surface area (Å²) in [6.07, 6.45) is 0.374. The fourth-order valence-electron chi connectivity index (χ4n) is 1.78. The van der Waals surface area contributed by atoms with Gasteiger partial charge in [0.1, 0.15) is 15.5 Å². The molecule has 0 aromatic heterocycles. The average Bonchev–Trinajstić information content (AvgIpc) is 2.91. The second-order valence-electron chi connectivity index (χ2n) is 4.99. The maximum Gasteiger partial charge on any atom is 0.320 e. The van der Waals surface area contributed by atoms with Crippen LogP contribution in [0.1, 0.15) is 30.6 Å². The Hall–Kier alpha value is -1.26. The molecule has 0 bridgehead atoms. The summed E-state index contributed by atoms with van der Waals surface area (Å²) in [5, 5.41) is 2.69. The van der Waals surface area contributed by atoms with Crippen LogP contribution in [0, 0.1) is 5.41 Å². The lowest BCUT2D eigenvalue weighted by Gasteiger charge is -2.11. The van der Waals surface area contributed by atoms with Gasteiger partial charge in [-0.2, -0.15) is 0 Å². The Balaban J connectivity index is 2.01.